The van der Waals surface area contributed by atoms with Gasteiger partial charge < -0.3 is 34.8 Å². The Balaban J connectivity index is 1.30. The van der Waals surface area contributed by atoms with Crippen LogP contribution in [0.15, 0.2) is 28.9 Å². The summed E-state index contributed by atoms with van der Waals surface area (Å²) in [6.45, 7) is 4.45. The molecule has 2 fully saturated rings. The average molecular weight is 623 g/mol. The molecular weight excluding hydrogens is 585 g/mol. The molecule has 4 N–H and O–H groups in total. The van der Waals surface area contributed by atoms with Gasteiger partial charge in [0, 0.05) is 44.2 Å². The number of carbonyl (C=O) groups is 1. The van der Waals surface area contributed by atoms with Gasteiger partial charge in [0.05, 0.1) is 30.6 Å². The molecule has 12 nitrogen and oxygen atoms in total. The van der Waals surface area contributed by atoms with Crippen molar-refractivity contribution in [3.8, 4) is 11.3 Å². The molecule has 5 rings (SSSR count). The zero-order chi connectivity index (χ0) is 31.7. The molecule has 4 heterocycles. The first kappa shape index (κ1) is 32.0. The van der Waals surface area contributed by atoms with E-state index >= 15 is 0 Å². The first-order chi connectivity index (χ1) is 21.0. The van der Waals surface area contributed by atoms with E-state index in [1.807, 2.05) is 19.9 Å². The molecule has 1 aromatic carbocycles. The van der Waals surface area contributed by atoms with Crippen LogP contribution in [0.1, 0.15) is 50.1 Å². The second-order valence-electron chi connectivity index (χ2n) is 11.7. The predicted molar refractivity (Wildman–Crippen MR) is 148 cm³/mol. The van der Waals surface area contributed by atoms with Crippen LogP contribution in [0, 0.1) is 23.4 Å². The van der Waals surface area contributed by atoms with Crippen molar-refractivity contribution in [2.75, 3.05) is 26.8 Å². The van der Waals surface area contributed by atoms with E-state index in [4.69, 9.17) is 19.7 Å². The van der Waals surface area contributed by atoms with Gasteiger partial charge in [0.25, 0.3) is 0 Å². The van der Waals surface area contributed by atoms with Crippen LogP contribution in [0.2, 0.25) is 0 Å². The van der Waals surface area contributed by atoms with Crippen LogP contribution in [-0.4, -0.2) is 98.4 Å². The number of hydrogen-bond donors (Lipinski definition) is 3. The van der Waals surface area contributed by atoms with Crippen molar-refractivity contribution < 1.29 is 42.2 Å². The molecule has 0 spiro atoms. The second-order valence-corrected chi connectivity index (χ2v) is 11.7. The fraction of sp³-hybridized carbons (Fsp3) is 0.586. The molecule has 0 aliphatic carbocycles. The van der Waals surface area contributed by atoms with Crippen molar-refractivity contribution in [2.24, 2.45) is 11.7 Å². The molecule has 2 saturated heterocycles. The van der Waals surface area contributed by atoms with Gasteiger partial charge in [-0.05, 0) is 30.9 Å². The Morgan fingerprint density at radius 3 is 2.45 bits per heavy atom. The minimum atomic E-state index is -1.60. The number of aromatic nitrogens is 4. The summed E-state index contributed by atoms with van der Waals surface area (Å²) in [7, 11) is 1.43. The van der Waals surface area contributed by atoms with Crippen LogP contribution in [0.4, 0.5) is 13.2 Å². The fourth-order valence-electron chi connectivity index (χ4n) is 5.89. The van der Waals surface area contributed by atoms with Crippen molar-refractivity contribution in [3.63, 3.8) is 0 Å². The summed E-state index contributed by atoms with van der Waals surface area (Å²) in [5.74, 6) is -3.61. The Labute approximate surface area is 251 Å². The van der Waals surface area contributed by atoms with Gasteiger partial charge in [-0.1, -0.05) is 24.2 Å². The van der Waals surface area contributed by atoms with Gasteiger partial charge in [0.1, 0.15) is 35.8 Å². The predicted octanol–water partition coefficient (Wildman–Crippen LogP) is 1.96. The number of amides is 1. The van der Waals surface area contributed by atoms with E-state index in [0.717, 1.165) is 12.1 Å². The number of ether oxygens (including phenoxy) is 2. The first-order valence-electron chi connectivity index (χ1n) is 14.6. The van der Waals surface area contributed by atoms with Crippen molar-refractivity contribution in [1.29, 1.82) is 0 Å². The highest BCUT2D eigenvalue weighted by Crippen LogP contribution is 2.35. The van der Waals surface area contributed by atoms with Crippen LogP contribution in [0.25, 0.3) is 11.3 Å². The minimum absolute atomic E-state index is 0.0357. The standard InChI is InChI=1S/C29H37F3N6O6/c1-14(2)25(33)29(41)37-6-4-15(5-7-37)21-10-17(35-44-21)11-22-28(42-3)26(27(40)23(13-39)43-22)38-12-20(34-36-38)16-8-18(30)24(32)19(31)9-16/h8-10,12,14-15,22-23,25-28,39-40H,4-7,11,13,33H2,1-3H3/t22-,23-,25?,26+,27+,28+/m1/s1. The van der Waals surface area contributed by atoms with E-state index in [9.17, 15) is 28.2 Å². The summed E-state index contributed by atoms with van der Waals surface area (Å²) in [5, 5.41) is 33.3. The van der Waals surface area contributed by atoms with Gasteiger partial charge in [-0.25, -0.2) is 17.9 Å². The SMILES string of the molecule is CO[C@@H]1[C@@H](n2cc(-c3cc(F)c(F)c(F)c3)nn2)[C@@H](O)[C@@H](CO)O[C@@H]1Cc1cc(C2CCN(C(=O)C(N)C(C)C)CC2)on1. The number of benzene rings is 1. The van der Waals surface area contributed by atoms with Crippen molar-refractivity contribution in [2.45, 2.75) is 75.5 Å². The molecular formula is C29H37F3N6O6. The third-order valence-electron chi connectivity index (χ3n) is 8.53. The van der Waals surface area contributed by atoms with Gasteiger partial charge in [-0.15, -0.1) is 5.10 Å². The number of aliphatic hydroxyl groups is 2. The molecule has 1 amide bonds. The Bertz CT molecular complexity index is 1420. The maximum Gasteiger partial charge on any atom is 0.239 e. The van der Waals surface area contributed by atoms with E-state index in [-0.39, 0.29) is 35.4 Å². The number of rotatable bonds is 9. The smallest absolute Gasteiger partial charge is 0.239 e. The molecule has 0 bridgehead atoms. The van der Waals surface area contributed by atoms with E-state index in [2.05, 4.69) is 15.5 Å². The molecule has 3 aromatic rings. The Morgan fingerprint density at radius 1 is 1.16 bits per heavy atom. The first-order valence-corrected chi connectivity index (χ1v) is 14.6. The quantitative estimate of drug-likeness (QED) is 0.301. The van der Waals surface area contributed by atoms with Gasteiger partial charge in [0.2, 0.25) is 5.91 Å². The summed E-state index contributed by atoms with van der Waals surface area (Å²) < 4.78 is 59.8. The molecule has 2 aliphatic rings. The highest BCUT2D eigenvalue weighted by Gasteiger charge is 2.47. The summed E-state index contributed by atoms with van der Waals surface area (Å²) in [4.78, 5) is 14.4. The van der Waals surface area contributed by atoms with Gasteiger partial charge in [-0.2, -0.15) is 0 Å². The van der Waals surface area contributed by atoms with Crippen molar-refractivity contribution in [3.05, 3.63) is 53.3 Å². The van der Waals surface area contributed by atoms with Crippen LogP contribution in [-0.2, 0) is 20.7 Å². The molecule has 44 heavy (non-hydrogen) atoms. The molecule has 0 saturated carbocycles. The molecule has 1 unspecified atom stereocenters. The lowest BCUT2D eigenvalue weighted by Crippen LogP contribution is -2.57. The molecule has 240 valence electrons. The topological polar surface area (TPSA) is 162 Å². The van der Waals surface area contributed by atoms with Gasteiger partial charge in [-0.3, -0.25) is 4.79 Å². The van der Waals surface area contributed by atoms with E-state index in [1.54, 1.807) is 4.90 Å². The van der Waals surface area contributed by atoms with Crippen molar-refractivity contribution in [1.82, 2.24) is 25.1 Å². The number of aliphatic hydroxyl groups excluding tert-OH is 2. The van der Waals surface area contributed by atoms with Crippen LogP contribution in [0.5, 0.6) is 0 Å². The molecule has 6 atom stereocenters. The molecule has 0 radical (unpaired) electrons. The number of carbonyl (C=O) groups excluding carboxylic acids is 1. The Kier molecular flexibility index (Phi) is 9.70. The maximum atomic E-state index is 13.8. The summed E-state index contributed by atoms with van der Waals surface area (Å²) in [5.41, 5.74) is 6.60. The lowest BCUT2D eigenvalue weighted by Gasteiger charge is -2.43. The average Bonchev–Trinajstić information content (AvgIpc) is 3.70. The van der Waals surface area contributed by atoms with Gasteiger partial charge >= 0.3 is 0 Å². The third kappa shape index (κ3) is 6.38. The van der Waals surface area contributed by atoms with Gasteiger partial charge in [0.15, 0.2) is 17.5 Å². The summed E-state index contributed by atoms with van der Waals surface area (Å²) in [6, 6.07) is 1.97. The van der Waals surface area contributed by atoms with Crippen LogP contribution >= 0.6 is 0 Å². The van der Waals surface area contributed by atoms with Crippen molar-refractivity contribution >= 4 is 5.91 Å². The third-order valence-corrected chi connectivity index (χ3v) is 8.53. The number of halogens is 3. The summed E-state index contributed by atoms with van der Waals surface area (Å²) in [6.07, 6.45) is -0.887. The second kappa shape index (κ2) is 13.3. The normalized spacial score (nSPS) is 25.5. The summed E-state index contributed by atoms with van der Waals surface area (Å²) >= 11 is 0. The highest BCUT2D eigenvalue weighted by atomic mass is 19.2. The minimum Gasteiger partial charge on any atom is -0.394 e. The van der Waals surface area contributed by atoms with Crippen LogP contribution < -0.4 is 5.73 Å². The number of likely N-dealkylation sites (tertiary alicyclic amines) is 1. The number of nitrogens with two attached hydrogens (primary N) is 1. The van der Waals surface area contributed by atoms with E-state index < -0.39 is 60.6 Å². The molecule has 15 heteroatoms. The molecule has 2 aromatic heterocycles. The lowest BCUT2D eigenvalue weighted by molar-refractivity contribution is -0.212. The lowest BCUT2D eigenvalue weighted by atomic mass is 9.89. The maximum absolute atomic E-state index is 13.8. The number of hydrogen-bond acceptors (Lipinski definition) is 10. The number of nitrogens with zero attached hydrogens (tertiary/aromatic N) is 5. The zero-order valence-corrected chi connectivity index (χ0v) is 24.6. The fourth-order valence-corrected chi connectivity index (χ4v) is 5.89. The number of piperidine rings is 1. The Hall–Kier alpha value is -3.37. The van der Waals surface area contributed by atoms with E-state index in [1.165, 1.54) is 18.0 Å². The Morgan fingerprint density at radius 2 is 1.84 bits per heavy atom. The van der Waals surface area contributed by atoms with Crippen LogP contribution in [0.3, 0.4) is 0 Å². The monoisotopic (exact) mass is 622 g/mol. The zero-order valence-electron chi connectivity index (χ0n) is 24.6. The molecule has 2 aliphatic heterocycles. The largest absolute Gasteiger partial charge is 0.394 e. The number of methoxy groups -OCH3 is 1. The highest BCUT2D eigenvalue weighted by molar-refractivity contribution is 5.82. The van der Waals surface area contributed by atoms with E-state index in [0.29, 0.717) is 37.4 Å².